The van der Waals surface area contributed by atoms with Gasteiger partial charge in [0.15, 0.2) is 0 Å². The number of nitrogens with zero attached hydrogens (tertiary/aromatic N) is 3. The Bertz CT molecular complexity index is 470. The summed E-state index contributed by atoms with van der Waals surface area (Å²) in [7, 11) is 4.00. The quantitative estimate of drug-likeness (QED) is 0.877. The van der Waals surface area contributed by atoms with E-state index in [-0.39, 0.29) is 6.03 Å². The number of urea groups is 1. The van der Waals surface area contributed by atoms with Crippen LogP contribution in [0.3, 0.4) is 0 Å². The van der Waals surface area contributed by atoms with Crippen molar-refractivity contribution in [1.82, 2.24) is 15.2 Å². The second-order valence-electron chi connectivity index (χ2n) is 5.00. The van der Waals surface area contributed by atoms with Crippen LogP contribution < -0.4 is 10.2 Å². The van der Waals surface area contributed by atoms with Gasteiger partial charge in [-0.1, -0.05) is 0 Å². The first-order chi connectivity index (χ1) is 8.49. The molecule has 2 rings (SSSR count). The number of fused-ring (bicyclic) bond motifs is 1. The molecule has 1 aliphatic rings. The Morgan fingerprint density at radius 3 is 2.83 bits per heavy atom. The third kappa shape index (κ3) is 2.46. The van der Waals surface area contributed by atoms with Crippen molar-refractivity contribution in [1.29, 1.82) is 0 Å². The number of rotatable bonds is 3. The summed E-state index contributed by atoms with van der Waals surface area (Å²) in [6.07, 6.45) is 0. The molecule has 0 atom stereocenters. The number of nitrogens with one attached hydrogen (secondary N) is 1. The SMILES string of the molecule is Cc1cc(C)c2c(n1)N(CCN(C)C)C(=O)NC2. The van der Waals surface area contributed by atoms with Crippen molar-refractivity contribution in [3.05, 3.63) is 22.9 Å². The molecule has 0 saturated carbocycles. The molecule has 0 radical (unpaired) electrons. The summed E-state index contributed by atoms with van der Waals surface area (Å²) in [6, 6.07) is 2.00. The van der Waals surface area contributed by atoms with Gasteiger partial charge in [0.05, 0.1) is 0 Å². The van der Waals surface area contributed by atoms with E-state index in [9.17, 15) is 4.79 Å². The number of carbonyl (C=O) groups is 1. The molecule has 0 unspecified atom stereocenters. The highest BCUT2D eigenvalue weighted by molar-refractivity contribution is 5.93. The van der Waals surface area contributed by atoms with Crippen molar-refractivity contribution in [2.24, 2.45) is 0 Å². The molecular weight excluding hydrogens is 228 g/mol. The van der Waals surface area contributed by atoms with Crippen LogP contribution in [-0.4, -0.2) is 43.1 Å². The molecule has 18 heavy (non-hydrogen) atoms. The van der Waals surface area contributed by atoms with E-state index in [1.165, 1.54) is 5.56 Å². The fraction of sp³-hybridized carbons (Fsp3) is 0.538. The van der Waals surface area contributed by atoms with Crippen molar-refractivity contribution in [3.8, 4) is 0 Å². The van der Waals surface area contributed by atoms with E-state index in [0.717, 1.165) is 23.6 Å². The Balaban J connectivity index is 2.34. The summed E-state index contributed by atoms with van der Waals surface area (Å²) < 4.78 is 0. The van der Waals surface area contributed by atoms with Crippen LogP contribution in [0.1, 0.15) is 16.8 Å². The number of hydrogen-bond donors (Lipinski definition) is 1. The van der Waals surface area contributed by atoms with Crippen LogP contribution in [0, 0.1) is 13.8 Å². The Labute approximate surface area is 108 Å². The van der Waals surface area contributed by atoms with Gasteiger partial charge in [-0.2, -0.15) is 0 Å². The minimum atomic E-state index is -0.0538. The van der Waals surface area contributed by atoms with Gasteiger partial charge >= 0.3 is 6.03 Å². The standard InChI is InChI=1S/C13H20N4O/c1-9-7-10(2)15-12-11(9)8-14-13(18)17(12)6-5-16(3)4/h7H,5-6,8H2,1-4H3,(H,14,18). The molecule has 0 aliphatic carbocycles. The van der Waals surface area contributed by atoms with E-state index < -0.39 is 0 Å². The van der Waals surface area contributed by atoms with Crippen LogP contribution in [0.15, 0.2) is 6.07 Å². The number of aryl methyl sites for hydroxylation is 2. The lowest BCUT2D eigenvalue weighted by molar-refractivity contribution is 0.243. The number of amides is 2. The molecule has 98 valence electrons. The normalized spacial score (nSPS) is 14.7. The zero-order chi connectivity index (χ0) is 13.3. The van der Waals surface area contributed by atoms with E-state index in [2.05, 4.69) is 28.2 Å². The number of anilines is 1. The van der Waals surface area contributed by atoms with E-state index in [4.69, 9.17) is 0 Å². The number of aromatic nitrogens is 1. The average Bonchev–Trinajstić information content (AvgIpc) is 2.26. The average molecular weight is 248 g/mol. The molecule has 0 fully saturated rings. The van der Waals surface area contributed by atoms with Gasteiger partial charge in [-0.25, -0.2) is 9.78 Å². The van der Waals surface area contributed by atoms with Gasteiger partial charge in [-0.15, -0.1) is 0 Å². The lowest BCUT2D eigenvalue weighted by Crippen LogP contribution is -2.47. The first kappa shape index (κ1) is 12.8. The van der Waals surface area contributed by atoms with Crippen LogP contribution in [-0.2, 0) is 6.54 Å². The summed E-state index contributed by atoms with van der Waals surface area (Å²) in [5.41, 5.74) is 3.27. The van der Waals surface area contributed by atoms with Gasteiger partial charge in [0, 0.05) is 30.9 Å². The number of hydrogen-bond acceptors (Lipinski definition) is 3. The first-order valence-electron chi connectivity index (χ1n) is 6.16. The van der Waals surface area contributed by atoms with Gasteiger partial charge in [0.1, 0.15) is 5.82 Å². The predicted molar refractivity (Wildman–Crippen MR) is 71.8 cm³/mol. The maximum atomic E-state index is 11.9. The van der Waals surface area contributed by atoms with Crippen LogP contribution in [0.4, 0.5) is 10.6 Å². The summed E-state index contributed by atoms with van der Waals surface area (Å²) in [4.78, 5) is 20.3. The lowest BCUT2D eigenvalue weighted by atomic mass is 10.1. The summed E-state index contributed by atoms with van der Waals surface area (Å²) in [6.45, 7) is 6.08. The Morgan fingerprint density at radius 2 is 2.17 bits per heavy atom. The van der Waals surface area contributed by atoms with Crippen molar-refractivity contribution in [3.63, 3.8) is 0 Å². The van der Waals surface area contributed by atoms with Gasteiger partial charge in [0.25, 0.3) is 0 Å². The number of pyridine rings is 1. The van der Waals surface area contributed by atoms with Crippen molar-refractivity contribution >= 4 is 11.8 Å². The van der Waals surface area contributed by atoms with Gasteiger partial charge in [-0.05, 0) is 39.6 Å². The molecule has 0 aromatic carbocycles. The highest BCUT2D eigenvalue weighted by atomic mass is 16.2. The Hall–Kier alpha value is -1.62. The second kappa shape index (κ2) is 4.94. The third-order valence-corrected chi connectivity index (χ3v) is 3.14. The summed E-state index contributed by atoms with van der Waals surface area (Å²) in [5.74, 6) is 0.818. The molecule has 0 spiro atoms. The monoisotopic (exact) mass is 248 g/mol. The van der Waals surface area contributed by atoms with E-state index >= 15 is 0 Å². The van der Waals surface area contributed by atoms with Gasteiger partial charge in [0.2, 0.25) is 0 Å². The highest BCUT2D eigenvalue weighted by Crippen LogP contribution is 2.25. The molecular formula is C13H20N4O. The van der Waals surface area contributed by atoms with E-state index in [1.54, 1.807) is 4.90 Å². The molecule has 5 heteroatoms. The molecule has 0 bridgehead atoms. The first-order valence-corrected chi connectivity index (χ1v) is 6.16. The Kier molecular flexibility index (Phi) is 3.52. The third-order valence-electron chi connectivity index (χ3n) is 3.14. The zero-order valence-electron chi connectivity index (χ0n) is 11.4. The minimum absolute atomic E-state index is 0.0538. The van der Waals surface area contributed by atoms with Gasteiger partial charge in [-0.3, -0.25) is 4.90 Å². The van der Waals surface area contributed by atoms with E-state index in [1.807, 2.05) is 21.0 Å². The van der Waals surface area contributed by atoms with E-state index in [0.29, 0.717) is 13.1 Å². The molecule has 0 saturated heterocycles. The van der Waals surface area contributed by atoms with Crippen molar-refractivity contribution in [2.75, 3.05) is 32.1 Å². The Morgan fingerprint density at radius 1 is 1.44 bits per heavy atom. The molecule has 2 heterocycles. The highest BCUT2D eigenvalue weighted by Gasteiger charge is 2.26. The lowest BCUT2D eigenvalue weighted by Gasteiger charge is -2.31. The van der Waals surface area contributed by atoms with Crippen LogP contribution in [0.2, 0.25) is 0 Å². The maximum absolute atomic E-state index is 11.9. The minimum Gasteiger partial charge on any atom is -0.333 e. The zero-order valence-corrected chi connectivity index (χ0v) is 11.4. The molecule has 1 aromatic rings. The second-order valence-corrected chi connectivity index (χ2v) is 5.00. The predicted octanol–water partition coefficient (Wildman–Crippen LogP) is 1.29. The van der Waals surface area contributed by atoms with Crippen molar-refractivity contribution in [2.45, 2.75) is 20.4 Å². The molecule has 2 amide bonds. The van der Waals surface area contributed by atoms with Crippen molar-refractivity contribution < 1.29 is 4.79 Å². The molecule has 1 aromatic heterocycles. The number of carbonyl (C=O) groups excluding carboxylic acids is 1. The summed E-state index contributed by atoms with van der Waals surface area (Å²) >= 11 is 0. The maximum Gasteiger partial charge on any atom is 0.323 e. The van der Waals surface area contributed by atoms with Crippen LogP contribution in [0.25, 0.3) is 0 Å². The van der Waals surface area contributed by atoms with Crippen LogP contribution >= 0.6 is 0 Å². The smallest absolute Gasteiger partial charge is 0.323 e. The molecule has 5 nitrogen and oxygen atoms in total. The fourth-order valence-electron chi connectivity index (χ4n) is 2.15. The van der Waals surface area contributed by atoms with Gasteiger partial charge < -0.3 is 10.2 Å². The summed E-state index contributed by atoms with van der Waals surface area (Å²) in [5, 5.41) is 2.90. The fourth-order valence-corrected chi connectivity index (χ4v) is 2.15. The van der Waals surface area contributed by atoms with Crippen LogP contribution in [0.5, 0.6) is 0 Å². The topological polar surface area (TPSA) is 48.5 Å². The molecule has 1 N–H and O–H groups in total. The largest absolute Gasteiger partial charge is 0.333 e. The molecule has 1 aliphatic heterocycles. The number of likely N-dealkylation sites (N-methyl/N-ethyl adjacent to an activating group) is 1.